The molecule has 290 valence electrons. The molecule has 0 aliphatic carbocycles. The van der Waals surface area contributed by atoms with Crippen LogP contribution in [0.4, 0.5) is 0 Å². The first kappa shape index (κ1) is 45.8. The number of nitrogens with zero attached hydrogens (tertiary/aromatic N) is 8. The first-order chi connectivity index (χ1) is 24.0. The summed E-state index contributed by atoms with van der Waals surface area (Å²) in [6.45, 7) is 22.8. The third-order valence-corrected chi connectivity index (χ3v) is 11.6. The second kappa shape index (κ2) is 20.9. The van der Waals surface area contributed by atoms with Crippen molar-refractivity contribution in [2.24, 2.45) is 0 Å². The first-order valence-electron chi connectivity index (χ1n) is 16.9. The van der Waals surface area contributed by atoms with E-state index in [1.165, 1.54) is 4.68 Å². The fourth-order valence-electron chi connectivity index (χ4n) is 3.69. The van der Waals surface area contributed by atoms with E-state index in [1.807, 2.05) is 26.0 Å². The summed E-state index contributed by atoms with van der Waals surface area (Å²) in [7, 11) is -5.82. The molecule has 0 spiro atoms. The second-order valence-electron chi connectivity index (χ2n) is 14.9. The predicted molar refractivity (Wildman–Crippen MR) is 216 cm³/mol. The smallest absolute Gasteiger partial charge is 0.317 e. The summed E-state index contributed by atoms with van der Waals surface area (Å²) < 4.78 is 45.7. The normalized spacial score (nSPS) is 12.0. The van der Waals surface area contributed by atoms with Gasteiger partial charge in [0.25, 0.3) is 0 Å². The molecule has 0 aromatic carbocycles. The molecule has 4 aromatic rings. The average molecular weight is 907 g/mol. The van der Waals surface area contributed by atoms with Gasteiger partial charge in [0.1, 0.15) is 24.8 Å². The molecule has 4 aromatic heterocycles. The van der Waals surface area contributed by atoms with E-state index >= 15 is 0 Å². The van der Waals surface area contributed by atoms with Crippen LogP contribution in [0.25, 0.3) is 23.0 Å². The van der Waals surface area contributed by atoms with Gasteiger partial charge in [0.15, 0.2) is 0 Å². The lowest BCUT2D eigenvalue weighted by Gasteiger charge is -2.15. The number of rotatable bonds is 15. The molecule has 0 bridgehead atoms. The highest BCUT2D eigenvalue weighted by Crippen LogP contribution is 2.21. The Labute approximate surface area is 327 Å². The van der Waals surface area contributed by atoms with Crippen molar-refractivity contribution in [3.63, 3.8) is 0 Å². The lowest BCUT2D eigenvalue weighted by Crippen LogP contribution is -2.22. The summed E-state index contributed by atoms with van der Waals surface area (Å²) in [4.78, 5) is 17.1. The van der Waals surface area contributed by atoms with Crippen LogP contribution in [0.3, 0.4) is 0 Å². The van der Waals surface area contributed by atoms with E-state index in [0.717, 1.165) is 33.9 Å². The molecule has 0 radical (unpaired) electrons. The Morgan fingerprint density at radius 1 is 0.750 bits per heavy atom. The standard InChI is InChI=1S/C16H25BrN4O2Si.C14H21BrN4O3SSi.C3H8O/c1-12(2)23-16-19-15(14-7-6-13(17)10-18-14)20-21(16)11-22-8-9-24(3,4)5;1-23(20,21)14-17-13(12-6-5-11(15)9-16-12)18-19(14)10-22-7-8-24(2,3)4;1-3(2)4/h6-7,10,12H,8-9,11H2,1-5H3;5-6,9H,7-8,10H2,1-4H3;3-4H,1-2H3. The number of hydrogen-bond acceptors (Lipinski definition) is 12. The van der Waals surface area contributed by atoms with Gasteiger partial charge in [0.2, 0.25) is 26.6 Å². The monoisotopic (exact) mass is 904 g/mol. The predicted octanol–water partition coefficient (Wildman–Crippen LogP) is 7.41. The Bertz CT molecular complexity index is 1760. The maximum absolute atomic E-state index is 11.9. The fraction of sp³-hybridized carbons (Fsp3) is 0.576. The van der Waals surface area contributed by atoms with Gasteiger partial charge in [0.05, 0.1) is 6.10 Å². The lowest BCUT2D eigenvalue weighted by atomic mass is 10.3. The maximum Gasteiger partial charge on any atom is 0.317 e. The van der Waals surface area contributed by atoms with Crippen molar-refractivity contribution >= 4 is 57.8 Å². The molecule has 0 aliphatic heterocycles. The van der Waals surface area contributed by atoms with Crippen LogP contribution in [0, 0.1) is 0 Å². The van der Waals surface area contributed by atoms with E-state index in [1.54, 1.807) is 43.1 Å². The highest BCUT2D eigenvalue weighted by atomic mass is 79.9. The molecule has 1 N–H and O–H groups in total. The summed E-state index contributed by atoms with van der Waals surface area (Å²) >= 11 is 6.68. The van der Waals surface area contributed by atoms with E-state index in [4.69, 9.17) is 19.3 Å². The number of sulfone groups is 1. The highest BCUT2D eigenvalue weighted by Gasteiger charge is 2.22. The molecule has 4 heterocycles. The third-order valence-electron chi connectivity index (χ3n) is 6.28. The first-order valence-corrected chi connectivity index (χ1v) is 27.8. The summed E-state index contributed by atoms with van der Waals surface area (Å²) in [5.41, 5.74) is 1.21. The van der Waals surface area contributed by atoms with E-state index in [2.05, 4.69) is 101 Å². The molecule has 0 saturated carbocycles. The summed E-state index contributed by atoms with van der Waals surface area (Å²) in [6, 6.07) is 9.87. The highest BCUT2D eigenvalue weighted by molar-refractivity contribution is 9.10. The summed E-state index contributed by atoms with van der Waals surface area (Å²) in [6.07, 6.45) is 4.29. The molecule has 0 aliphatic rings. The van der Waals surface area contributed by atoms with Crippen LogP contribution >= 0.6 is 31.9 Å². The van der Waals surface area contributed by atoms with Crippen LogP contribution < -0.4 is 4.74 Å². The molecule has 0 unspecified atom stereocenters. The molecule has 0 amide bonds. The molecule has 14 nitrogen and oxygen atoms in total. The van der Waals surface area contributed by atoms with Crippen LogP contribution in [0.15, 0.2) is 50.8 Å². The van der Waals surface area contributed by atoms with Crippen molar-refractivity contribution in [3.8, 4) is 29.0 Å². The van der Waals surface area contributed by atoms with Crippen molar-refractivity contribution in [1.29, 1.82) is 0 Å². The number of ether oxygens (including phenoxy) is 3. The van der Waals surface area contributed by atoms with Crippen LogP contribution in [-0.4, -0.2) is 101 Å². The lowest BCUT2D eigenvalue weighted by molar-refractivity contribution is 0.0659. The number of aliphatic hydroxyl groups is 1. The van der Waals surface area contributed by atoms with Crippen molar-refractivity contribution in [2.75, 3.05) is 19.5 Å². The maximum atomic E-state index is 11.9. The minimum Gasteiger partial charge on any atom is -0.461 e. The number of aliphatic hydroxyl groups excluding tert-OH is 1. The minimum absolute atomic E-state index is 0.0145. The van der Waals surface area contributed by atoms with Gasteiger partial charge in [0, 0.05) is 63.1 Å². The molecule has 52 heavy (non-hydrogen) atoms. The van der Waals surface area contributed by atoms with Gasteiger partial charge in [-0.25, -0.2) is 13.1 Å². The quantitative estimate of drug-likeness (QED) is 0.0928. The molecule has 0 fully saturated rings. The Hall–Kier alpha value is -2.40. The van der Waals surface area contributed by atoms with Gasteiger partial charge in [-0.3, -0.25) is 9.97 Å². The zero-order valence-corrected chi connectivity index (χ0v) is 38.1. The Morgan fingerprint density at radius 2 is 1.17 bits per heavy atom. The summed E-state index contributed by atoms with van der Waals surface area (Å²) in [5.74, 6) is 0.795. The SMILES string of the molecule is CC(C)O.CC(C)Oc1nc(-c2ccc(Br)cn2)nn1COCC[Si](C)(C)C.C[Si](C)(C)CCOCn1nc(-c2ccc(Br)cn2)nc1S(C)(=O)=O. The molecular formula is C33H54Br2N8O6SSi2. The number of aromatic nitrogens is 8. The third kappa shape index (κ3) is 18.1. The van der Waals surface area contributed by atoms with Crippen LogP contribution in [-0.2, 0) is 32.8 Å². The zero-order valence-electron chi connectivity index (χ0n) is 32.1. The van der Waals surface area contributed by atoms with E-state index in [9.17, 15) is 8.42 Å². The Morgan fingerprint density at radius 3 is 1.56 bits per heavy atom. The average Bonchev–Trinajstić information content (AvgIpc) is 3.62. The van der Waals surface area contributed by atoms with Gasteiger partial charge in [-0.15, -0.1) is 10.2 Å². The van der Waals surface area contributed by atoms with Gasteiger partial charge >= 0.3 is 6.01 Å². The summed E-state index contributed by atoms with van der Waals surface area (Å²) in [5, 5.41) is 16.7. The van der Waals surface area contributed by atoms with Crippen molar-refractivity contribution in [1.82, 2.24) is 39.5 Å². The molecule has 4 rings (SSSR count). The number of hydrogen-bond donors (Lipinski definition) is 1. The molecular weight excluding hydrogens is 852 g/mol. The van der Waals surface area contributed by atoms with Gasteiger partial charge in [-0.2, -0.15) is 14.6 Å². The largest absolute Gasteiger partial charge is 0.461 e. The molecule has 19 heteroatoms. The molecule has 0 saturated heterocycles. The zero-order chi connectivity index (χ0) is 39.3. The van der Waals surface area contributed by atoms with E-state index < -0.39 is 26.0 Å². The van der Waals surface area contributed by atoms with Crippen LogP contribution in [0.1, 0.15) is 27.7 Å². The van der Waals surface area contributed by atoms with Crippen molar-refractivity contribution in [2.45, 2.75) is 110 Å². The van der Waals surface area contributed by atoms with Gasteiger partial charge in [-0.05, 0) is 95.9 Å². The second-order valence-corrected chi connectivity index (χ2v) is 29.9. The van der Waals surface area contributed by atoms with Crippen molar-refractivity contribution < 1.29 is 27.7 Å². The molecule has 0 atom stereocenters. The van der Waals surface area contributed by atoms with E-state index in [0.29, 0.717) is 36.6 Å². The van der Waals surface area contributed by atoms with Gasteiger partial charge in [-0.1, -0.05) is 39.3 Å². The van der Waals surface area contributed by atoms with Gasteiger partial charge < -0.3 is 19.3 Å². The van der Waals surface area contributed by atoms with Crippen molar-refractivity contribution in [3.05, 3.63) is 45.6 Å². The Kier molecular flexibility index (Phi) is 18.4. The fourth-order valence-corrected chi connectivity index (χ4v) is 6.40. The Balaban J connectivity index is 0.000000327. The van der Waals surface area contributed by atoms with E-state index in [-0.39, 0.29) is 29.9 Å². The number of pyridine rings is 2. The number of halogens is 2. The topological polar surface area (TPSA) is 169 Å². The minimum atomic E-state index is -3.51. The van der Waals surface area contributed by atoms with Crippen LogP contribution in [0.5, 0.6) is 6.01 Å². The van der Waals surface area contributed by atoms with Crippen LogP contribution in [0.2, 0.25) is 51.4 Å².